The molecule has 0 amide bonds. The molecular formula is C14H16N2O. The van der Waals surface area contributed by atoms with Crippen LogP contribution in [0, 0.1) is 0 Å². The van der Waals surface area contributed by atoms with E-state index < -0.39 is 0 Å². The molecule has 1 aromatic carbocycles. The predicted octanol–water partition coefficient (Wildman–Crippen LogP) is 3.32. The van der Waals surface area contributed by atoms with Crippen molar-refractivity contribution >= 4 is 0 Å². The molecule has 17 heavy (non-hydrogen) atoms. The van der Waals surface area contributed by atoms with Gasteiger partial charge in [-0.3, -0.25) is 0 Å². The number of nitrogens with zero attached hydrogens (tertiary/aromatic N) is 2. The molecule has 0 spiro atoms. The molecule has 3 nitrogen and oxygen atoms in total. The molecule has 0 aliphatic rings. The molecular weight excluding hydrogens is 212 g/mol. The first-order valence-electron chi connectivity index (χ1n) is 5.90. The molecule has 3 heteroatoms. The fourth-order valence-electron chi connectivity index (χ4n) is 1.48. The molecule has 0 N–H and O–H groups in total. The van der Waals surface area contributed by atoms with Crippen molar-refractivity contribution in [2.45, 2.75) is 19.8 Å². The zero-order chi connectivity index (χ0) is 11.9. The lowest BCUT2D eigenvalue weighted by Gasteiger charge is -2.05. The average Bonchev–Trinajstić information content (AvgIpc) is 2.41. The molecule has 0 bridgehead atoms. The van der Waals surface area contributed by atoms with E-state index >= 15 is 0 Å². The van der Waals surface area contributed by atoms with Crippen LogP contribution in [0.15, 0.2) is 42.7 Å². The van der Waals surface area contributed by atoms with Crippen LogP contribution >= 0.6 is 0 Å². The van der Waals surface area contributed by atoms with E-state index in [2.05, 4.69) is 16.9 Å². The second-order valence-corrected chi connectivity index (χ2v) is 3.80. The first-order valence-corrected chi connectivity index (χ1v) is 5.90. The first kappa shape index (κ1) is 11.6. The zero-order valence-electron chi connectivity index (χ0n) is 9.97. The first-order chi connectivity index (χ1) is 8.40. The lowest BCUT2D eigenvalue weighted by atomic mass is 10.2. The monoisotopic (exact) mass is 228 g/mol. The van der Waals surface area contributed by atoms with Crippen molar-refractivity contribution in [2.24, 2.45) is 0 Å². The Morgan fingerprint density at radius 1 is 1.06 bits per heavy atom. The van der Waals surface area contributed by atoms with Crippen molar-refractivity contribution in [1.29, 1.82) is 0 Å². The number of hydrogen-bond donors (Lipinski definition) is 0. The molecule has 1 aromatic heterocycles. The number of unbranched alkanes of at least 4 members (excludes halogenated alkanes) is 1. The Morgan fingerprint density at radius 3 is 2.41 bits per heavy atom. The van der Waals surface area contributed by atoms with E-state index in [0.29, 0.717) is 0 Å². The largest absolute Gasteiger partial charge is 0.494 e. The molecule has 1 heterocycles. The standard InChI is InChI=1S/C14H16N2O/c1-2-3-11-17-13-7-5-12(6-8-13)14-15-9-4-10-16-14/h4-10H,2-3,11H2,1H3. The summed E-state index contributed by atoms with van der Waals surface area (Å²) in [5.41, 5.74) is 1.01. The molecule has 2 rings (SSSR count). The van der Waals surface area contributed by atoms with E-state index in [-0.39, 0.29) is 0 Å². The fourth-order valence-corrected chi connectivity index (χ4v) is 1.48. The van der Waals surface area contributed by atoms with Gasteiger partial charge in [-0.25, -0.2) is 9.97 Å². The van der Waals surface area contributed by atoms with Crippen molar-refractivity contribution < 1.29 is 4.74 Å². The van der Waals surface area contributed by atoms with Crippen LogP contribution in [0.3, 0.4) is 0 Å². The van der Waals surface area contributed by atoms with Gasteiger partial charge in [-0.2, -0.15) is 0 Å². The summed E-state index contributed by atoms with van der Waals surface area (Å²) >= 11 is 0. The fraction of sp³-hybridized carbons (Fsp3) is 0.286. The van der Waals surface area contributed by atoms with Crippen LogP contribution in [-0.4, -0.2) is 16.6 Å². The third kappa shape index (κ3) is 3.28. The lowest BCUT2D eigenvalue weighted by Crippen LogP contribution is -1.96. The summed E-state index contributed by atoms with van der Waals surface area (Å²) in [5.74, 6) is 1.64. The Bertz CT molecular complexity index is 440. The highest BCUT2D eigenvalue weighted by Gasteiger charge is 2.00. The van der Waals surface area contributed by atoms with Gasteiger partial charge in [-0.15, -0.1) is 0 Å². The summed E-state index contributed by atoms with van der Waals surface area (Å²) in [6.45, 7) is 2.93. The summed E-state index contributed by atoms with van der Waals surface area (Å²) in [6, 6.07) is 9.70. The Labute approximate surface area is 102 Å². The maximum absolute atomic E-state index is 5.60. The number of rotatable bonds is 5. The van der Waals surface area contributed by atoms with Gasteiger partial charge >= 0.3 is 0 Å². The van der Waals surface area contributed by atoms with Crippen molar-refractivity contribution in [3.05, 3.63) is 42.7 Å². The minimum absolute atomic E-state index is 0.743. The van der Waals surface area contributed by atoms with E-state index in [4.69, 9.17) is 4.74 Å². The second-order valence-electron chi connectivity index (χ2n) is 3.80. The Hall–Kier alpha value is -1.90. The van der Waals surface area contributed by atoms with E-state index in [9.17, 15) is 0 Å². The van der Waals surface area contributed by atoms with Crippen LogP contribution < -0.4 is 4.74 Å². The molecule has 0 unspecified atom stereocenters. The highest BCUT2D eigenvalue weighted by atomic mass is 16.5. The molecule has 0 radical (unpaired) electrons. The SMILES string of the molecule is CCCCOc1ccc(-c2ncccn2)cc1. The highest BCUT2D eigenvalue weighted by Crippen LogP contribution is 2.18. The van der Waals surface area contributed by atoms with E-state index in [1.165, 1.54) is 0 Å². The van der Waals surface area contributed by atoms with Crippen LogP contribution in [0.2, 0.25) is 0 Å². The van der Waals surface area contributed by atoms with Crippen molar-refractivity contribution in [3.63, 3.8) is 0 Å². The van der Waals surface area contributed by atoms with Crippen LogP contribution in [0.4, 0.5) is 0 Å². The number of hydrogen-bond acceptors (Lipinski definition) is 3. The topological polar surface area (TPSA) is 35.0 Å². The number of aromatic nitrogens is 2. The summed E-state index contributed by atoms with van der Waals surface area (Å²) in [6.07, 6.45) is 5.72. The summed E-state index contributed by atoms with van der Waals surface area (Å²) in [5, 5.41) is 0. The van der Waals surface area contributed by atoms with Gasteiger partial charge in [0.15, 0.2) is 5.82 Å². The molecule has 0 atom stereocenters. The second kappa shape index (κ2) is 5.99. The Kier molecular flexibility index (Phi) is 4.08. The zero-order valence-corrected chi connectivity index (χ0v) is 9.97. The van der Waals surface area contributed by atoms with Crippen molar-refractivity contribution in [3.8, 4) is 17.1 Å². The van der Waals surface area contributed by atoms with Gasteiger partial charge in [-0.1, -0.05) is 13.3 Å². The molecule has 2 aromatic rings. The molecule has 0 saturated heterocycles. The number of ether oxygens (including phenoxy) is 1. The predicted molar refractivity (Wildman–Crippen MR) is 67.9 cm³/mol. The van der Waals surface area contributed by atoms with Crippen LogP contribution in [-0.2, 0) is 0 Å². The molecule has 88 valence electrons. The highest BCUT2D eigenvalue weighted by molar-refractivity contribution is 5.55. The molecule has 0 aliphatic carbocycles. The summed E-state index contributed by atoms with van der Waals surface area (Å²) < 4.78 is 5.60. The van der Waals surface area contributed by atoms with Crippen molar-refractivity contribution in [1.82, 2.24) is 9.97 Å². The van der Waals surface area contributed by atoms with Gasteiger partial charge in [0.05, 0.1) is 6.61 Å². The average molecular weight is 228 g/mol. The van der Waals surface area contributed by atoms with Crippen molar-refractivity contribution in [2.75, 3.05) is 6.61 Å². The molecule has 0 aliphatic heterocycles. The minimum atomic E-state index is 0.743. The minimum Gasteiger partial charge on any atom is -0.494 e. The number of benzene rings is 1. The van der Waals surface area contributed by atoms with Gasteiger partial charge in [-0.05, 0) is 36.8 Å². The van der Waals surface area contributed by atoms with Crippen LogP contribution in [0.5, 0.6) is 5.75 Å². The van der Waals surface area contributed by atoms with Gasteiger partial charge in [0.2, 0.25) is 0 Å². The van der Waals surface area contributed by atoms with E-state index in [1.807, 2.05) is 30.3 Å². The molecule has 0 saturated carbocycles. The third-order valence-corrected chi connectivity index (χ3v) is 2.44. The Morgan fingerprint density at radius 2 is 1.76 bits per heavy atom. The van der Waals surface area contributed by atoms with Gasteiger partial charge in [0.25, 0.3) is 0 Å². The smallest absolute Gasteiger partial charge is 0.159 e. The van der Waals surface area contributed by atoms with E-state index in [1.54, 1.807) is 12.4 Å². The van der Waals surface area contributed by atoms with Gasteiger partial charge < -0.3 is 4.74 Å². The normalized spacial score (nSPS) is 10.2. The maximum atomic E-state index is 5.60. The summed E-state index contributed by atoms with van der Waals surface area (Å²) in [4.78, 5) is 8.40. The van der Waals surface area contributed by atoms with Gasteiger partial charge in [0, 0.05) is 18.0 Å². The van der Waals surface area contributed by atoms with Gasteiger partial charge in [0.1, 0.15) is 5.75 Å². The lowest BCUT2D eigenvalue weighted by molar-refractivity contribution is 0.309. The van der Waals surface area contributed by atoms with E-state index in [0.717, 1.165) is 36.6 Å². The molecule has 0 fully saturated rings. The quantitative estimate of drug-likeness (QED) is 0.736. The van der Waals surface area contributed by atoms with Crippen LogP contribution in [0.25, 0.3) is 11.4 Å². The third-order valence-electron chi connectivity index (χ3n) is 2.44. The summed E-state index contributed by atoms with van der Waals surface area (Å²) in [7, 11) is 0. The maximum Gasteiger partial charge on any atom is 0.159 e. The Balaban J connectivity index is 2.03. The van der Waals surface area contributed by atoms with Crippen LogP contribution in [0.1, 0.15) is 19.8 Å².